The quantitative estimate of drug-likeness (QED) is 0.266. The number of hydrogen-bond donors (Lipinski definition) is 2. The van der Waals surface area contributed by atoms with E-state index in [0.29, 0.717) is 22.6 Å². The number of carbonyl (C=O) groups is 2. The molecule has 226 valence electrons. The van der Waals surface area contributed by atoms with Gasteiger partial charge in [-0.2, -0.15) is 10.2 Å². The Morgan fingerprint density at radius 3 is 2.48 bits per heavy atom. The van der Waals surface area contributed by atoms with Gasteiger partial charge < -0.3 is 10.6 Å². The van der Waals surface area contributed by atoms with E-state index in [1.165, 1.54) is 0 Å². The molecule has 12 heteroatoms. The van der Waals surface area contributed by atoms with Crippen LogP contribution in [-0.4, -0.2) is 48.8 Å². The number of nitrogens with one attached hydrogen (secondary N) is 2. The molecule has 5 rings (SSSR count). The van der Waals surface area contributed by atoms with E-state index in [2.05, 4.69) is 27.4 Å². The minimum atomic E-state index is -2.71. The van der Waals surface area contributed by atoms with Crippen molar-refractivity contribution in [3.05, 3.63) is 59.8 Å². The van der Waals surface area contributed by atoms with Gasteiger partial charge in [0.1, 0.15) is 5.69 Å². The summed E-state index contributed by atoms with van der Waals surface area (Å²) in [5.74, 6) is -3.24. The first-order valence-corrected chi connectivity index (χ1v) is 14.6. The lowest BCUT2D eigenvalue weighted by Crippen LogP contribution is -2.38. The number of carbonyl (C=O) groups excluding carboxylic acids is 2. The van der Waals surface area contributed by atoms with Crippen LogP contribution in [-0.2, 0) is 4.79 Å². The Hall–Kier alpha value is -3.70. The maximum Gasteiger partial charge on any atom is 0.270 e. The third kappa shape index (κ3) is 6.84. The summed E-state index contributed by atoms with van der Waals surface area (Å²) in [6.07, 6.45) is 7.13. The molecule has 3 aromatic rings. The Labute approximate surface area is 243 Å². The van der Waals surface area contributed by atoms with Crippen LogP contribution in [0.15, 0.2) is 42.9 Å². The van der Waals surface area contributed by atoms with Gasteiger partial charge in [0.25, 0.3) is 5.91 Å². The lowest BCUT2D eigenvalue weighted by molar-refractivity contribution is -0.121. The number of halogens is 3. The lowest BCUT2D eigenvalue weighted by atomic mass is 9.81. The number of fused-ring (bicyclic) bond motifs is 1. The van der Waals surface area contributed by atoms with Crippen LogP contribution in [0.2, 0.25) is 0 Å². The van der Waals surface area contributed by atoms with Gasteiger partial charge in [-0.15, -0.1) is 0 Å². The normalized spacial score (nSPS) is 18.6. The number of imidazole rings is 1. The maximum atomic E-state index is 14.0. The zero-order chi connectivity index (χ0) is 30.0. The van der Waals surface area contributed by atoms with Crippen LogP contribution in [0.5, 0.6) is 0 Å². The Balaban J connectivity index is 1.41. The van der Waals surface area contributed by atoms with Crippen LogP contribution in [0.1, 0.15) is 105 Å². The second kappa shape index (κ2) is 12.3. The van der Waals surface area contributed by atoms with Crippen LogP contribution in [0.3, 0.4) is 0 Å². The van der Waals surface area contributed by atoms with E-state index in [9.17, 15) is 22.8 Å². The van der Waals surface area contributed by atoms with Gasteiger partial charge in [0.2, 0.25) is 11.8 Å². The highest BCUT2D eigenvalue weighted by atomic mass is 19.3. The van der Waals surface area contributed by atoms with Gasteiger partial charge in [-0.1, -0.05) is 12.2 Å². The SMILES string of the molecule is C=C(CCF)CC(=O)NC(c1cnn2cc([C@@H](NC(=O)c3ccnn3C(C)C)C3CCC(F)(F)CC3)nc2c1)C1CC1. The largest absolute Gasteiger partial charge is 0.349 e. The van der Waals surface area contributed by atoms with Crippen LogP contribution in [0, 0.1) is 11.8 Å². The fourth-order valence-electron chi connectivity index (χ4n) is 5.76. The van der Waals surface area contributed by atoms with Crippen LogP contribution < -0.4 is 10.6 Å². The molecule has 0 radical (unpaired) electrons. The fourth-order valence-corrected chi connectivity index (χ4v) is 5.76. The summed E-state index contributed by atoms with van der Waals surface area (Å²) in [7, 11) is 0. The van der Waals surface area contributed by atoms with Crippen molar-refractivity contribution in [2.45, 2.75) is 89.3 Å². The van der Waals surface area contributed by atoms with E-state index < -0.39 is 18.6 Å². The van der Waals surface area contributed by atoms with Crippen LogP contribution in [0.25, 0.3) is 5.65 Å². The molecule has 3 aromatic heterocycles. The summed E-state index contributed by atoms with van der Waals surface area (Å²) in [6.45, 7) is 7.08. The van der Waals surface area contributed by atoms with E-state index in [1.807, 2.05) is 19.9 Å². The number of alkyl halides is 3. The fraction of sp³-hybridized carbons (Fsp3) is 0.567. The molecule has 1 unspecified atom stereocenters. The van der Waals surface area contributed by atoms with Crippen molar-refractivity contribution in [1.82, 2.24) is 35.0 Å². The standard InChI is InChI=1S/C30H38F3N7O2/c1-18(2)40-24(9-13-34-40)29(42)38-28(21-6-10-30(32,33)11-7-21)23-17-39-25(36-23)15-22(16-35-39)27(20-4-5-20)37-26(41)14-19(3)8-12-31/h9,13,15-18,20-21,27-28H,3-8,10-12,14H2,1-2H3,(H,37,41)(H,38,42)/t27?,28-/m0/s1. The van der Waals surface area contributed by atoms with Gasteiger partial charge in [-0.3, -0.25) is 18.7 Å². The molecule has 9 nitrogen and oxygen atoms in total. The summed E-state index contributed by atoms with van der Waals surface area (Å²) in [4.78, 5) is 30.9. The number of hydrogen-bond acceptors (Lipinski definition) is 5. The van der Waals surface area contributed by atoms with E-state index >= 15 is 0 Å². The Kier molecular flexibility index (Phi) is 8.70. The highest BCUT2D eigenvalue weighted by molar-refractivity contribution is 5.92. The van der Waals surface area contributed by atoms with Crippen molar-refractivity contribution in [3.8, 4) is 0 Å². The maximum absolute atomic E-state index is 14.0. The molecule has 2 atom stereocenters. The highest BCUT2D eigenvalue weighted by Crippen LogP contribution is 2.43. The zero-order valence-electron chi connectivity index (χ0n) is 24.0. The molecule has 0 spiro atoms. The van der Waals surface area contributed by atoms with Crippen molar-refractivity contribution < 1.29 is 22.8 Å². The monoisotopic (exact) mass is 585 g/mol. The first kappa shape index (κ1) is 29.8. The van der Waals surface area contributed by atoms with Gasteiger partial charge in [0, 0.05) is 31.5 Å². The third-order valence-corrected chi connectivity index (χ3v) is 8.22. The molecular weight excluding hydrogens is 547 g/mol. The first-order valence-electron chi connectivity index (χ1n) is 14.6. The lowest BCUT2D eigenvalue weighted by Gasteiger charge is -2.33. The molecule has 2 aliphatic rings. The Morgan fingerprint density at radius 2 is 1.81 bits per heavy atom. The predicted octanol–water partition coefficient (Wildman–Crippen LogP) is 5.68. The van der Waals surface area contributed by atoms with Gasteiger partial charge >= 0.3 is 0 Å². The molecule has 0 aromatic carbocycles. The van der Waals surface area contributed by atoms with Gasteiger partial charge in [0.05, 0.1) is 36.8 Å². The summed E-state index contributed by atoms with van der Waals surface area (Å²) < 4.78 is 44.0. The van der Waals surface area contributed by atoms with Crippen molar-refractivity contribution in [3.63, 3.8) is 0 Å². The molecule has 2 N–H and O–H groups in total. The molecule has 2 fully saturated rings. The molecule has 2 aliphatic carbocycles. The third-order valence-electron chi connectivity index (χ3n) is 8.22. The Bertz CT molecular complexity index is 1440. The second-order valence-corrected chi connectivity index (χ2v) is 11.9. The van der Waals surface area contributed by atoms with Crippen molar-refractivity contribution in [2.75, 3.05) is 6.67 Å². The van der Waals surface area contributed by atoms with Crippen molar-refractivity contribution in [2.24, 2.45) is 11.8 Å². The second-order valence-electron chi connectivity index (χ2n) is 11.9. The van der Waals surface area contributed by atoms with Crippen molar-refractivity contribution >= 4 is 17.5 Å². The van der Waals surface area contributed by atoms with Gasteiger partial charge in [-0.05, 0) is 75.5 Å². The number of amides is 2. The molecule has 0 aliphatic heterocycles. The van der Waals surface area contributed by atoms with Gasteiger partial charge in [0.15, 0.2) is 5.65 Å². The summed E-state index contributed by atoms with van der Waals surface area (Å²) in [5, 5.41) is 14.9. The Morgan fingerprint density at radius 1 is 1.10 bits per heavy atom. The van der Waals surface area contributed by atoms with E-state index in [1.54, 1.807) is 33.9 Å². The average Bonchev–Trinajstić information content (AvgIpc) is 3.48. The number of rotatable bonds is 12. The molecule has 42 heavy (non-hydrogen) atoms. The molecule has 2 saturated carbocycles. The zero-order valence-corrected chi connectivity index (χ0v) is 24.0. The van der Waals surface area contributed by atoms with E-state index in [0.717, 1.165) is 18.4 Å². The van der Waals surface area contributed by atoms with Crippen LogP contribution >= 0.6 is 0 Å². The van der Waals surface area contributed by atoms with E-state index in [4.69, 9.17) is 4.98 Å². The summed E-state index contributed by atoms with van der Waals surface area (Å²) in [6, 6.07) is 2.60. The molecular formula is C30H38F3N7O2. The minimum Gasteiger partial charge on any atom is -0.349 e. The molecule has 0 saturated heterocycles. The summed E-state index contributed by atoms with van der Waals surface area (Å²) in [5.41, 5.74) is 2.79. The predicted molar refractivity (Wildman–Crippen MR) is 151 cm³/mol. The topological polar surface area (TPSA) is 106 Å². The molecule has 3 heterocycles. The van der Waals surface area contributed by atoms with Crippen LogP contribution in [0.4, 0.5) is 13.2 Å². The van der Waals surface area contributed by atoms with E-state index in [-0.39, 0.29) is 74.3 Å². The van der Waals surface area contributed by atoms with Gasteiger partial charge in [-0.25, -0.2) is 18.3 Å². The van der Waals surface area contributed by atoms with Crippen molar-refractivity contribution in [1.29, 1.82) is 0 Å². The average molecular weight is 586 g/mol. The number of aromatic nitrogens is 5. The summed E-state index contributed by atoms with van der Waals surface area (Å²) >= 11 is 0. The minimum absolute atomic E-state index is 0.0351. The number of nitrogens with zero attached hydrogens (tertiary/aromatic N) is 5. The highest BCUT2D eigenvalue weighted by Gasteiger charge is 2.40. The molecule has 0 bridgehead atoms. The smallest absolute Gasteiger partial charge is 0.270 e. The molecule has 2 amide bonds. The first-order chi connectivity index (χ1) is 20.0.